The third-order valence-electron chi connectivity index (χ3n) is 6.01. The largest absolute Gasteiger partial charge is 0.490 e. The molecule has 4 aromatic rings. The maximum atomic E-state index is 13.7. The first-order valence-corrected chi connectivity index (χ1v) is 11.8. The highest BCUT2D eigenvalue weighted by atomic mass is 16.5. The maximum Gasteiger partial charge on any atom is 0.296 e. The lowest BCUT2D eigenvalue weighted by Crippen LogP contribution is -2.30. The molecule has 7 nitrogen and oxygen atoms in total. The van der Waals surface area contributed by atoms with Crippen molar-refractivity contribution in [3.8, 4) is 11.5 Å². The van der Waals surface area contributed by atoms with E-state index in [0.29, 0.717) is 52.6 Å². The van der Waals surface area contributed by atoms with Crippen molar-refractivity contribution in [3.05, 3.63) is 94.0 Å². The standard InChI is InChI=1S/C28H26N2O5/c1-3-5-16-34-21-14-13-18(17-22(21)33-4-2)25-24-26(31)19-10-6-7-11-20(19)35-27(24)28(32)30(25)23-12-8-9-15-29-23/h6-15,17,25H,3-5,16H2,1-2H3. The van der Waals surface area contributed by atoms with Gasteiger partial charge in [0.1, 0.15) is 11.4 Å². The zero-order valence-corrected chi connectivity index (χ0v) is 19.7. The highest BCUT2D eigenvalue weighted by Gasteiger charge is 2.44. The van der Waals surface area contributed by atoms with Crippen molar-refractivity contribution >= 4 is 22.7 Å². The highest BCUT2D eigenvalue weighted by molar-refractivity contribution is 6.10. The number of carbonyl (C=O) groups excluding carboxylic acids is 1. The lowest BCUT2D eigenvalue weighted by Gasteiger charge is -2.25. The Kier molecular flexibility index (Phi) is 6.23. The summed E-state index contributed by atoms with van der Waals surface area (Å²) in [6, 6.07) is 17.1. The van der Waals surface area contributed by atoms with Crippen molar-refractivity contribution in [1.29, 1.82) is 0 Å². The number of amides is 1. The molecule has 5 rings (SSSR count). The second-order valence-corrected chi connectivity index (χ2v) is 8.28. The number of anilines is 1. The number of rotatable bonds is 8. The summed E-state index contributed by atoms with van der Waals surface area (Å²) in [6.07, 6.45) is 3.57. The van der Waals surface area contributed by atoms with E-state index in [2.05, 4.69) is 11.9 Å². The Hall–Kier alpha value is -4.13. The van der Waals surface area contributed by atoms with Gasteiger partial charge in [0.05, 0.1) is 30.2 Å². The second kappa shape index (κ2) is 9.62. The number of unbranched alkanes of at least 4 members (excludes halogenated alkanes) is 1. The Balaban J connectivity index is 1.70. The number of benzene rings is 2. The lowest BCUT2D eigenvalue weighted by atomic mass is 9.98. The zero-order chi connectivity index (χ0) is 24.4. The van der Waals surface area contributed by atoms with E-state index in [1.807, 2.05) is 25.1 Å². The van der Waals surface area contributed by atoms with Crippen molar-refractivity contribution in [3.63, 3.8) is 0 Å². The van der Waals surface area contributed by atoms with Gasteiger partial charge in [-0.1, -0.05) is 37.6 Å². The fourth-order valence-corrected chi connectivity index (χ4v) is 4.38. The van der Waals surface area contributed by atoms with E-state index in [0.717, 1.165) is 12.8 Å². The molecule has 0 fully saturated rings. The van der Waals surface area contributed by atoms with Crippen LogP contribution >= 0.6 is 0 Å². The maximum absolute atomic E-state index is 13.7. The SMILES string of the molecule is CCCCOc1ccc(C2c3c(oc4ccccc4c3=O)C(=O)N2c2ccccn2)cc1OCC. The van der Waals surface area contributed by atoms with Gasteiger partial charge in [0.25, 0.3) is 5.91 Å². The third kappa shape index (κ3) is 4.03. The van der Waals surface area contributed by atoms with Gasteiger partial charge < -0.3 is 13.9 Å². The van der Waals surface area contributed by atoms with E-state index < -0.39 is 11.9 Å². The van der Waals surface area contributed by atoms with Crippen LogP contribution in [0.2, 0.25) is 0 Å². The molecule has 7 heteroatoms. The van der Waals surface area contributed by atoms with Gasteiger partial charge >= 0.3 is 0 Å². The van der Waals surface area contributed by atoms with Crippen molar-refractivity contribution in [1.82, 2.24) is 4.98 Å². The molecule has 2 aromatic carbocycles. The predicted octanol–water partition coefficient (Wildman–Crippen LogP) is 5.52. The van der Waals surface area contributed by atoms with Gasteiger partial charge in [-0.15, -0.1) is 0 Å². The molecule has 0 aliphatic carbocycles. The van der Waals surface area contributed by atoms with Gasteiger partial charge in [-0.05, 0) is 55.3 Å². The number of aromatic nitrogens is 1. The van der Waals surface area contributed by atoms with Crippen LogP contribution in [0.4, 0.5) is 5.82 Å². The normalized spacial score (nSPS) is 14.9. The predicted molar refractivity (Wildman–Crippen MR) is 133 cm³/mol. The van der Waals surface area contributed by atoms with E-state index in [4.69, 9.17) is 13.9 Å². The van der Waals surface area contributed by atoms with E-state index in [1.54, 1.807) is 48.7 Å². The number of nitrogens with zero attached hydrogens (tertiary/aromatic N) is 2. The van der Waals surface area contributed by atoms with Crippen LogP contribution in [0.25, 0.3) is 11.0 Å². The summed E-state index contributed by atoms with van der Waals surface area (Å²) in [5.41, 5.74) is 1.14. The minimum Gasteiger partial charge on any atom is -0.490 e. The van der Waals surface area contributed by atoms with Crippen LogP contribution < -0.4 is 19.8 Å². The topological polar surface area (TPSA) is 81.9 Å². The van der Waals surface area contributed by atoms with Gasteiger partial charge in [-0.25, -0.2) is 4.98 Å². The molecular formula is C28H26N2O5. The van der Waals surface area contributed by atoms with Crippen molar-refractivity contribution in [2.45, 2.75) is 32.7 Å². The number of fused-ring (bicyclic) bond motifs is 2. The molecule has 0 radical (unpaired) electrons. The fourth-order valence-electron chi connectivity index (χ4n) is 4.38. The number of pyridine rings is 1. The first-order chi connectivity index (χ1) is 17.1. The molecule has 0 N–H and O–H groups in total. The molecule has 0 saturated heterocycles. The fraction of sp³-hybridized carbons (Fsp3) is 0.250. The Morgan fingerprint density at radius 3 is 2.57 bits per heavy atom. The molecule has 0 saturated carbocycles. The summed E-state index contributed by atoms with van der Waals surface area (Å²) < 4.78 is 17.8. The first kappa shape index (κ1) is 22.7. The molecular weight excluding hydrogens is 444 g/mol. The molecule has 0 bridgehead atoms. The van der Waals surface area contributed by atoms with Crippen LogP contribution in [0.3, 0.4) is 0 Å². The average Bonchev–Trinajstić information content (AvgIpc) is 3.18. The van der Waals surface area contributed by atoms with Gasteiger partial charge in [-0.3, -0.25) is 14.5 Å². The van der Waals surface area contributed by atoms with Gasteiger partial charge in [-0.2, -0.15) is 0 Å². The Morgan fingerprint density at radius 2 is 1.80 bits per heavy atom. The minimum absolute atomic E-state index is 0.0329. The molecule has 1 aliphatic rings. The highest BCUT2D eigenvalue weighted by Crippen LogP contribution is 2.42. The molecule has 1 aliphatic heterocycles. The molecule has 35 heavy (non-hydrogen) atoms. The third-order valence-corrected chi connectivity index (χ3v) is 6.01. The zero-order valence-electron chi connectivity index (χ0n) is 19.7. The summed E-state index contributed by atoms with van der Waals surface area (Å²) in [7, 11) is 0. The van der Waals surface area contributed by atoms with Crippen LogP contribution in [0.1, 0.15) is 54.4 Å². The van der Waals surface area contributed by atoms with Gasteiger partial charge in [0, 0.05) is 6.20 Å². The minimum atomic E-state index is -0.725. The van der Waals surface area contributed by atoms with Gasteiger partial charge in [0.2, 0.25) is 5.76 Å². The number of hydrogen-bond donors (Lipinski definition) is 0. The van der Waals surface area contributed by atoms with E-state index in [9.17, 15) is 9.59 Å². The second-order valence-electron chi connectivity index (χ2n) is 8.28. The van der Waals surface area contributed by atoms with E-state index >= 15 is 0 Å². The summed E-state index contributed by atoms with van der Waals surface area (Å²) in [4.78, 5) is 33.2. The van der Waals surface area contributed by atoms with E-state index in [-0.39, 0.29) is 11.2 Å². The molecule has 3 heterocycles. The van der Waals surface area contributed by atoms with Crippen LogP contribution in [-0.4, -0.2) is 24.1 Å². The molecule has 1 amide bonds. The monoisotopic (exact) mass is 470 g/mol. The summed E-state index contributed by atoms with van der Waals surface area (Å²) in [5.74, 6) is 1.24. The van der Waals surface area contributed by atoms with E-state index in [1.165, 1.54) is 4.90 Å². The van der Waals surface area contributed by atoms with Crippen molar-refractivity contribution < 1.29 is 18.7 Å². The van der Waals surface area contributed by atoms with Crippen LogP contribution in [0, 0.1) is 0 Å². The smallest absolute Gasteiger partial charge is 0.296 e. The van der Waals surface area contributed by atoms with Crippen molar-refractivity contribution in [2.24, 2.45) is 0 Å². The Morgan fingerprint density at radius 1 is 0.971 bits per heavy atom. The molecule has 2 aromatic heterocycles. The van der Waals surface area contributed by atoms with Crippen molar-refractivity contribution in [2.75, 3.05) is 18.1 Å². The molecule has 178 valence electrons. The number of ether oxygens (including phenoxy) is 2. The number of para-hydroxylation sites is 1. The molecule has 1 atom stereocenters. The number of hydrogen-bond acceptors (Lipinski definition) is 6. The summed E-state index contributed by atoms with van der Waals surface area (Å²) in [5, 5.41) is 0.427. The average molecular weight is 471 g/mol. The number of carbonyl (C=O) groups is 1. The van der Waals surface area contributed by atoms with Crippen LogP contribution in [-0.2, 0) is 0 Å². The lowest BCUT2D eigenvalue weighted by molar-refractivity contribution is 0.0970. The Bertz CT molecular complexity index is 1430. The summed E-state index contributed by atoms with van der Waals surface area (Å²) >= 11 is 0. The quantitative estimate of drug-likeness (QED) is 0.316. The molecule has 1 unspecified atom stereocenters. The molecule has 0 spiro atoms. The van der Waals surface area contributed by atoms with Crippen LogP contribution in [0.15, 0.2) is 76.1 Å². The van der Waals surface area contributed by atoms with Gasteiger partial charge in [0.15, 0.2) is 16.9 Å². The Labute approximate surface area is 202 Å². The summed E-state index contributed by atoms with van der Waals surface area (Å²) in [6.45, 7) is 5.03. The first-order valence-electron chi connectivity index (χ1n) is 11.8. The van der Waals surface area contributed by atoms with Crippen LogP contribution in [0.5, 0.6) is 11.5 Å².